The number of rotatable bonds is 3. The zero-order valence-corrected chi connectivity index (χ0v) is 10.9. The molecule has 0 bridgehead atoms. The van der Waals surface area contributed by atoms with Crippen molar-refractivity contribution < 1.29 is 4.74 Å². The second-order valence-corrected chi connectivity index (χ2v) is 4.43. The van der Waals surface area contributed by atoms with Gasteiger partial charge in [0.25, 0.3) is 0 Å². The molecule has 1 aromatic carbocycles. The van der Waals surface area contributed by atoms with Crippen molar-refractivity contribution in [3.8, 4) is 5.75 Å². The van der Waals surface area contributed by atoms with Crippen molar-refractivity contribution in [3.05, 3.63) is 46.2 Å². The Morgan fingerprint density at radius 1 is 1.31 bits per heavy atom. The minimum Gasteiger partial charge on any atom is -0.497 e. The topological polar surface area (TPSA) is 27.1 Å². The summed E-state index contributed by atoms with van der Waals surface area (Å²) in [7, 11) is 1.67. The molecule has 4 heteroatoms. The van der Waals surface area contributed by atoms with Crippen molar-refractivity contribution in [1.29, 1.82) is 0 Å². The second-order valence-electron chi connectivity index (χ2n) is 3.61. The maximum atomic E-state index is 5.12. The monoisotopic (exact) mass is 280 g/mol. The first-order valence-corrected chi connectivity index (χ1v) is 5.81. The van der Waals surface area contributed by atoms with Gasteiger partial charge in [0, 0.05) is 0 Å². The number of aromatic nitrogens is 2. The molecule has 16 heavy (non-hydrogen) atoms. The smallest absolute Gasteiger partial charge is 0.118 e. The van der Waals surface area contributed by atoms with Crippen molar-refractivity contribution in [2.75, 3.05) is 7.11 Å². The Labute approximate surface area is 103 Å². The Kier molecular flexibility index (Phi) is 3.29. The predicted octanol–water partition coefficient (Wildman–Crippen LogP) is 3.01. The summed E-state index contributed by atoms with van der Waals surface area (Å²) in [6.45, 7) is 2.74. The molecule has 0 unspecified atom stereocenters. The molecule has 1 aromatic heterocycles. The fourth-order valence-corrected chi connectivity index (χ4v) is 2.06. The van der Waals surface area contributed by atoms with E-state index in [1.807, 2.05) is 41.9 Å². The van der Waals surface area contributed by atoms with E-state index >= 15 is 0 Å². The Morgan fingerprint density at radius 2 is 2.00 bits per heavy atom. The van der Waals surface area contributed by atoms with Crippen LogP contribution < -0.4 is 4.74 Å². The zero-order valence-electron chi connectivity index (χ0n) is 9.27. The van der Waals surface area contributed by atoms with Crippen molar-refractivity contribution in [3.63, 3.8) is 0 Å². The summed E-state index contributed by atoms with van der Waals surface area (Å²) in [5.41, 5.74) is 2.21. The molecular formula is C12H13BrN2O. The molecule has 0 radical (unpaired) electrons. The van der Waals surface area contributed by atoms with Crippen LogP contribution in [0.4, 0.5) is 0 Å². The lowest BCUT2D eigenvalue weighted by molar-refractivity contribution is 0.414. The van der Waals surface area contributed by atoms with Gasteiger partial charge in [0.1, 0.15) is 10.4 Å². The van der Waals surface area contributed by atoms with Crippen molar-refractivity contribution >= 4 is 15.9 Å². The van der Waals surface area contributed by atoms with E-state index < -0.39 is 0 Å². The Morgan fingerprint density at radius 3 is 2.50 bits per heavy atom. The minimum absolute atomic E-state index is 0.762. The average molecular weight is 281 g/mol. The predicted molar refractivity (Wildman–Crippen MR) is 66.8 cm³/mol. The number of methoxy groups -OCH3 is 1. The van der Waals surface area contributed by atoms with Crippen LogP contribution in [0.1, 0.15) is 11.3 Å². The average Bonchev–Trinajstić information content (AvgIpc) is 2.59. The molecule has 0 N–H and O–H groups in total. The van der Waals surface area contributed by atoms with E-state index in [9.17, 15) is 0 Å². The van der Waals surface area contributed by atoms with E-state index in [1.165, 1.54) is 5.56 Å². The van der Waals surface area contributed by atoms with Crippen molar-refractivity contribution in [1.82, 2.24) is 9.78 Å². The highest BCUT2D eigenvalue weighted by Gasteiger charge is 2.03. The van der Waals surface area contributed by atoms with E-state index in [0.29, 0.717) is 0 Å². The standard InChI is InChI=1S/C12H13BrN2O/c1-9-7-12(13)15(14-9)8-10-3-5-11(16-2)6-4-10/h3-7H,8H2,1-2H3. The summed E-state index contributed by atoms with van der Waals surface area (Å²) in [6.07, 6.45) is 0. The molecule has 0 spiro atoms. The molecular weight excluding hydrogens is 268 g/mol. The molecule has 3 nitrogen and oxygen atoms in total. The molecule has 0 aliphatic rings. The van der Waals surface area contributed by atoms with Crippen LogP contribution in [0, 0.1) is 6.92 Å². The zero-order chi connectivity index (χ0) is 11.5. The number of halogens is 1. The van der Waals surface area contributed by atoms with E-state index in [0.717, 1.165) is 22.6 Å². The number of hydrogen-bond donors (Lipinski definition) is 0. The largest absolute Gasteiger partial charge is 0.497 e. The van der Waals surface area contributed by atoms with E-state index in [2.05, 4.69) is 21.0 Å². The van der Waals surface area contributed by atoms with E-state index in [4.69, 9.17) is 4.74 Å². The molecule has 0 aliphatic heterocycles. The summed E-state index contributed by atoms with van der Waals surface area (Å²) in [6, 6.07) is 10.0. The van der Waals surface area contributed by atoms with Gasteiger partial charge in [-0.05, 0) is 46.6 Å². The van der Waals surface area contributed by atoms with Crippen LogP contribution in [0.25, 0.3) is 0 Å². The van der Waals surface area contributed by atoms with Gasteiger partial charge in [-0.2, -0.15) is 5.10 Å². The van der Waals surface area contributed by atoms with Crippen LogP contribution in [-0.4, -0.2) is 16.9 Å². The fraction of sp³-hybridized carbons (Fsp3) is 0.250. The quantitative estimate of drug-likeness (QED) is 0.864. The van der Waals surface area contributed by atoms with Gasteiger partial charge in [-0.25, -0.2) is 0 Å². The van der Waals surface area contributed by atoms with Gasteiger partial charge >= 0.3 is 0 Å². The number of ether oxygens (including phenoxy) is 1. The van der Waals surface area contributed by atoms with Gasteiger partial charge in [0.15, 0.2) is 0 Å². The normalized spacial score (nSPS) is 10.4. The Hall–Kier alpha value is -1.29. The second kappa shape index (κ2) is 4.70. The number of hydrogen-bond acceptors (Lipinski definition) is 2. The molecule has 1 heterocycles. The van der Waals surface area contributed by atoms with Crippen molar-refractivity contribution in [2.24, 2.45) is 0 Å². The van der Waals surface area contributed by atoms with Gasteiger partial charge in [-0.3, -0.25) is 4.68 Å². The van der Waals surface area contributed by atoms with Gasteiger partial charge < -0.3 is 4.74 Å². The molecule has 2 rings (SSSR count). The van der Waals surface area contributed by atoms with Crippen LogP contribution in [0.3, 0.4) is 0 Å². The van der Waals surface area contributed by atoms with Crippen LogP contribution in [0.15, 0.2) is 34.9 Å². The first-order valence-electron chi connectivity index (χ1n) is 5.02. The minimum atomic E-state index is 0.762. The highest BCUT2D eigenvalue weighted by molar-refractivity contribution is 9.10. The third-order valence-electron chi connectivity index (χ3n) is 2.34. The highest BCUT2D eigenvalue weighted by Crippen LogP contribution is 2.16. The van der Waals surface area contributed by atoms with E-state index in [-0.39, 0.29) is 0 Å². The molecule has 0 amide bonds. The summed E-state index contributed by atoms with van der Waals surface area (Å²) >= 11 is 3.48. The third kappa shape index (κ3) is 2.44. The summed E-state index contributed by atoms with van der Waals surface area (Å²) in [5.74, 6) is 0.875. The molecule has 84 valence electrons. The molecule has 2 aromatic rings. The highest BCUT2D eigenvalue weighted by atomic mass is 79.9. The number of aryl methyl sites for hydroxylation is 1. The number of benzene rings is 1. The van der Waals surface area contributed by atoms with Crippen LogP contribution in [-0.2, 0) is 6.54 Å². The SMILES string of the molecule is COc1ccc(Cn2nc(C)cc2Br)cc1. The summed E-state index contributed by atoms with van der Waals surface area (Å²) < 4.78 is 8.04. The lowest BCUT2D eigenvalue weighted by Gasteiger charge is -2.05. The first-order chi connectivity index (χ1) is 7.69. The first kappa shape index (κ1) is 11.2. The van der Waals surface area contributed by atoms with Gasteiger partial charge in [-0.15, -0.1) is 0 Å². The summed E-state index contributed by atoms with van der Waals surface area (Å²) in [5, 5.41) is 4.39. The Bertz CT molecular complexity index is 476. The van der Waals surface area contributed by atoms with E-state index in [1.54, 1.807) is 7.11 Å². The van der Waals surface area contributed by atoms with Gasteiger partial charge in [0.05, 0.1) is 19.3 Å². The maximum Gasteiger partial charge on any atom is 0.118 e. The van der Waals surface area contributed by atoms with Crippen LogP contribution >= 0.6 is 15.9 Å². The molecule has 0 fully saturated rings. The maximum absolute atomic E-state index is 5.12. The fourth-order valence-electron chi connectivity index (χ4n) is 1.53. The van der Waals surface area contributed by atoms with Gasteiger partial charge in [0.2, 0.25) is 0 Å². The molecule has 0 saturated carbocycles. The molecule has 0 saturated heterocycles. The van der Waals surface area contributed by atoms with Crippen molar-refractivity contribution in [2.45, 2.75) is 13.5 Å². The summed E-state index contributed by atoms with van der Waals surface area (Å²) in [4.78, 5) is 0. The Balaban J connectivity index is 2.17. The molecule has 0 atom stereocenters. The van der Waals surface area contributed by atoms with Crippen LogP contribution in [0.2, 0.25) is 0 Å². The molecule has 0 aliphatic carbocycles. The lowest BCUT2D eigenvalue weighted by Crippen LogP contribution is -2.02. The number of nitrogens with zero attached hydrogens (tertiary/aromatic N) is 2. The lowest BCUT2D eigenvalue weighted by atomic mass is 10.2. The van der Waals surface area contributed by atoms with Crippen LogP contribution in [0.5, 0.6) is 5.75 Å². The van der Waals surface area contributed by atoms with Gasteiger partial charge in [-0.1, -0.05) is 12.1 Å². The third-order valence-corrected chi connectivity index (χ3v) is 2.98.